The number of aliphatic hydroxyl groups excluding tert-OH is 1. The Morgan fingerprint density at radius 2 is 1.94 bits per heavy atom. The Balaban J connectivity index is 2.41. The minimum absolute atomic E-state index is 0.268. The minimum Gasteiger partial charge on any atom is -0.385 e. The molecule has 0 saturated carbocycles. The summed E-state index contributed by atoms with van der Waals surface area (Å²) in [4.78, 5) is 4.30. The van der Waals surface area contributed by atoms with Gasteiger partial charge in [-0.15, -0.1) is 0 Å². The van der Waals surface area contributed by atoms with Crippen molar-refractivity contribution in [3.05, 3.63) is 42.1 Å². The van der Waals surface area contributed by atoms with Crippen molar-refractivity contribution in [2.24, 2.45) is 7.05 Å². The largest absolute Gasteiger partial charge is 0.385 e. The molecule has 4 heteroatoms. The van der Waals surface area contributed by atoms with Gasteiger partial charge in [0.15, 0.2) is 0 Å². The van der Waals surface area contributed by atoms with E-state index in [1.165, 1.54) is 12.1 Å². The first-order valence-corrected chi connectivity index (χ1v) is 5.05. The summed E-state index contributed by atoms with van der Waals surface area (Å²) in [5.41, 5.74) is 1.57. The summed E-state index contributed by atoms with van der Waals surface area (Å²) in [6.07, 6.45) is 1.20. The molecule has 0 saturated heterocycles. The maximum absolute atomic E-state index is 12.7. The fourth-order valence-electron chi connectivity index (χ4n) is 1.63. The molecule has 3 nitrogen and oxygen atoms in total. The van der Waals surface area contributed by atoms with Crippen LogP contribution in [-0.2, 0) is 7.05 Å². The second kappa shape index (κ2) is 4.06. The van der Waals surface area contributed by atoms with Crippen molar-refractivity contribution in [2.75, 3.05) is 0 Å². The van der Waals surface area contributed by atoms with Gasteiger partial charge < -0.3 is 9.67 Å². The highest BCUT2D eigenvalue weighted by atomic mass is 19.1. The Hall–Kier alpha value is -1.68. The van der Waals surface area contributed by atoms with Crippen molar-refractivity contribution in [2.45, 2.75) is 13.0 Å². The zero-order chi connectivity index (χ0) is 11.7. The van der Waals surface area contributed by atoms with Crippen LogP contribution >= 0.6 is 0 Å². The van der Waals surface area contributed by atoms with Crippen LogP contribution in [0.1, 0.15) is 18.9 Å². The van der Waals surface area contributed by atoms with Gasteiger partial charge in [-0.05, 0) is 31.2 Å². The van der Waals surface area contributed by atoms with Crippen LogP contribution in [0.4, 0.5) is 4.39 Å². The van der Waals surface area contributed by atoms with Gasteiger partial charge >= 0.3 is 0 Å². The van der Waals surface area contributed by atoms with Gasteiger partial charge in [0, 0.05) is 18.8 Å². The number of imidazole rings is 1. The van der Waals surface area contributed by atoms with Crippen molar-refractivity contribution < 1.29 is 9.50 Å². The van der Waals surface area contributed by atoms with Crippen LogP contribution in [0.5, 0.6) is 0 Å². The van der Waals surface area contributed by atoms with Crippen LogP contribution in [0.15, 0.2) is 30.5 Å². The number of nitrogens with zero attached hydrogens (tertiary/aromatic N) is 2. The number of hydrogen-bond donors (Lipinski definition) is 1. The first kappa shape index (κ1) is 10.8. The van der Waals surface area contributed by atoms with E-state index in [1.807, 2.05) is 13.2 Å². The van der Waals surface area contributed by atoms with E-state index in [4.69, 9.17) is 0 Å². The van der Waals surface area contributed by atoms with E-state index in [1.54, 1.807) is 23.6 Å². The van der Waals surface area contributed by atoms with Crippen LogP contribution in [0, 0.1) is 5.82 Å². The predicted molar refractivity (Wildman–Crippen MR) is 59.2 cm³/mol. The Kier molecular flexibility index (Phi) is 2.75. The molecule has 1 N–H and O–H groups in total. The average Bonchev–Trinajstić information content (AvgIpc) is 2.61. The molecular weight excluding hydrogens is 207 g/mol. The van der Waals surface area contributed by atoms with Gasteiger partial charge in [0.25, 0.3) is 0 Å². The quantitative estimate of drug-likeness (QED) is 0.843. The van der Waals surface area contributed by atoms with Gasteiger partial charge in [-0.2, -0.15) is 0 Å². The summed E-state index contributed by atoms with van der Waals surface area (Å²) in [5.74, 6) is 0.328. The van der Waals surface area contributed by atoms with E-state index >= 15 is 0 Å². The minimum atomic E-state index is -0.612. The van der Waals surface area contributed by atoms with Crippen molar-refractivity contribution in [3.8, 4) is 11.3 Å². The average molecular weight is 220 g/mol. The summed E-state index contributed by atoms with van der Waals surface area (Å²) in [6, 6.07) is 6.13. The molecule has 16 heavy (non-hydrogen) atoms. The lowest BCUT2D eigenvalue weighted by Crippen LogP contribution is -2.00. The summed E-state index contributed by atoms with van der Waals surface area (Å²) in [6.45, 7) is 1.66. The van der Waals surface area contributed by atoms with Crippen LogP contribution in [0.3, 0.4) is 0 Å². The van der Waals surface area contributed by atoms with Gasteiger partial charge in [0.05, 0.1) is 5.69 Å². The van der Waals surface area contributed by atoms with E-state index in [-0.39, 0.29) is 5.82 Å². The van der Waals surface area contributed by atoms with E-state index in [0.29, 0.717) is 5.82 Å². The number of aryl methyl sites for hydroxylation is 1. The monoisotopic (exact) mass is 220 g/mol. The summed E-state index contributed by atoms with van der Waals surface area (Å²) in [7, 11) is 1.82. The second-order valence-corrected chi connectivity index (χ2v) is 3.78. The van der Waals surface area contributed by atoms with Gasteiger partial charge in [-0.1, -0.05) is 0 Å². The molecule has 2 aromatic rings. The smallest absolute Gasteiger partial charge is 0.137 e. The summed E-state index contributed by atoms with van der Waals surface area (Å²) >= 11 is 0. The third kappa shape index (κ3) is 1.97. The SMILES string of the molecule is CC(O)c1nc(-c2ccc(F)cc2)cn1C. The molecule has 0 fully saturated rings. The highest BCUT2D eigenvalue weighted by Crippen LogP contribution is 2.21. The predicted octanol–water partition coefficient (Wildman–Crippen LogP) is 2.28. The van der Waals surface area contributed by atoms with Gasteiger partial charge in [-0.3, -0.25) is 0 Å². The Labute approximate surface area is 93.2 Å². The lowest BCUT2D eigenvalue weighted by atomic mass is 10.2. The fraction of sp³-hybridized carbons (Fsp3) is 0.250. The molecule has 0 spiro atoms. The molecule has 84 valence electrons. The Bertz CT molecular complexity index is 488. The maximum Gasteiger partial charge on any atom is 0.137 e. The highest BCUT2D eigenvalue weighted by Gasteiger charge is 2.11. The molecule has 1 atom stereocenters. The molecule has 0 aliphatic carbocycles. The third-order valence-corrected chi connectivity index (χ3v) is 2.43. The van der Waals surface area contributed by atoms with Crippen molar-refractivity contribution in [1.29, 1.82) is 0 Å². The first-order valence-electron chi connectivity index (χ1n) is 5.05. The van der Waals surface area contributed by atoms with Crippen molar-refractivity contribution in [3.63, 3.8) is 0 Å². The zero-order valence-electron chi connectivity index (χ0n) is 9.18. The third-order valence-electron chi connectivity index (χ3n) is 2.43. The molecule has 1 heterocycles. The molecule has 1 unspecified atom stereocenters. The highest BCUT2D eigenvalue weighted by molar-refractivity contribution is 5.58. The number of aliphatic hydroxyl groups is 1. The zero-order valence-corrected chi connectivity index (χ0v) is 9.18. The second-order valence-electron chi connectivity index (χ2n) is 3.78. The number of benzene rings is 1. The van der Waals surface area contributed by atoms with E-state index in [2.05, 4.69) is 4.98 Å². The molecule has 1 aromatic carbocycles. The summed E-state index contributed by atoms with van der Waals surface area (Å²) < 4.78 is 14.5. The van der Waals surface area contributed by atoms with E-state index in [9.17, 15) is 9.50 Å². The van der Waals surface area contributed by atoms with Crippen LogP contribution in [0.25, 0.3) is 11.3 Å². The molecule has 2 rings (SSSR count). The molecule has 1 aromatic heterocycles. The number of rotatable bonds is 2. The van der Waals surface area contributed by atoms with E-state index in [0.717, 1.165) is 11.3 Å². The molecular formula is C12H13FN2O. The summed E-state index contributed by atoms with van der Waals surface area (Å²) in [5, 5.41) is 9.47. The van der Waals surface area contributed by atoms with Crippen LogP contribution in [0.2, 0.25) is 0 Å². The molecule has 0 aliphatic heterocycles. The molecule has 0 aliphatic rings. The topological polar surface area (TPSA) is 38.1 Å². The first-order chi connectivity index (χ1) is 7.58. The molecule has 0 amide bonds. The number of halogens is 1. The van der Waals surface area contributed by atoms with Crippen LogP contribution < -0.4 is 0 Å². The van der Waals surface area contributed by atoms with Crippen molar-refractivity contribution in [1.82, 2.24) is 9.55 Å². The van der Waals surface area contributed by atoms with Gasteiger partial charge in [0.1, 0.15) is 17.7 Å². The lowest BCUT2D eigenvalue weighted by Gasteiger charge is -2.01. The Morgan fingerprint density at radius 3 is 2.44 bits per heavy atom. The van der Waals surface area contributed by atoms with E-state index < -0.39 is 6.10 Å². The van der Waals surface area contributed by atoms with Crippen molar-refractivity contribution >= 4 is 0 Å². The maximum atomic E-state index is 12.7. The number of aromatic nitrogens is 2. The van der Waals surface area contributed by atoms with Crippen LogP contribution in [-0.4, -0.2) is 14.7 Å². The fourth-order valence-corrected chi connectivity index (χ4v) is 1.63. The number of hydrogen-bond acceptors (Lipinski definition) is 2. The normalized spacial score (nSPS) is 12.8. The Morgan fingerprint density at radius 1 is 1.31 bits per heavy atom. The molecule has 0 radical (unpaired) electrons. The standard InChI is InChI=1S/C12H13FN2O/c1-8(16)12-14-11(7-15(12)2)9-3-5-10(13)6-4-9/h3-8,16H,1-2H3. The molecule has 0 bridgehead atoms. The van der Waals surface area contributed by atoms with Gasteiger partial charge in [-0.25, -0.2) is 9.37 Å². The lowest BCUT2D eigenvalue weighted by molar-refractivity contribution is 0.185. The van der Waals surface area contributed by atoms with Gasteiger partial charge in [0.2, 0.25) is 0 Å².